The van der Waals surface area contributed by atoms with Gasteiger partial charge < -0.3 is 15.5 Å². The summed E-state index contributed by atoms with van der Waals surface area (Å²) in [6.45, 7) is 5.40. The average molecular weight is 395 g/mol. The van der Waals surface area contributed by atoms with Gasteiger partial charge in [-0.3, -0.25) is 9.89 Å². The highest BCUT2D eigenvalue weighted by molar-refractivity contribution is 6.04. The number of hydrogen-bond acceptors (Lipinski definition) is 6. The highest BCUT2D eigenvalue weighted by atomic mass is 19.1. The second-order valence-corrected chi connectivity index (χ2v) is 7.20. The molecule has 2 aromatic heterocycles. The minimum absolute atomic E-state index is 0.236. The van der Waals surface area contributed by atoms with Crippen LogP contribution in [0.25, 0.3) is 0 Å². The number of hydrogen-bond donors (Lipinski definition) is 3. The molecule has 0 saturated carbocycles. The number of fused-ring (bicyclic) bond motifs is 1. The molecule has 0 saturated heterocycles. The van der Waals surface area contributed by atoms with E-state index in [-0.39, 0.29) is 17.8 Å². The van der Waals surface area contributed by atoms with Crippen LogP contribution in [0.4, 0.5) is 22.0 Å². The maximum atomic E-state index is 13.1. The number of nitrogens with zero attached hydrogens (tertiary/aromatic N) is 4. The molecule has 29 heavy (non-hydrogen) atoms. The van der Waals surface area contributed by atoms with Gasteiger partial charge in [0, 0.05) is 48.6 Å². The molecule has 0 fully saturated rings. The van der Waals surface area contributed by atoms with Gasteiger partial charge in [0.05, 0.1) is 0 Å². The van der Waals surface area contributed by atoms with E-state index >= 15 is 0 Å². The zero-order valence-electron chi connectivity index (χ0n) is 16.2. The second-order valence-electron chi connectivity index (χ2n) is 7.20. The quantitative estimate of drug-likeness (QED) is 0.614. The third-order valence-electron chi connectivity index (χ3n) is 4.65. The Kier molecular flexibility index (Phi) is 5.11. The highest BCUT2D eigenvalue weighted by Crippen LogP contribution is 2.27. The van der Waals surface area contributed by atoms with Crippen molar-refractivity contribution in [3.8, 4) is 0 Å². The number of amides is 1. The largest absolute Gasteiger partial charge is 0.352 e. The summed E-state index contributed by atoms with van der Waals surface area (Å²) < 4.78 is 13.1. The topological polar surface area (TPSA) is 98.8 Å². The molecule has 1 aromatic carbocycles. The molecular formula is C20H22FN7O. The molecule has 150 valence electrons. The van der Waals surface area contributed by atoms with Crippen molar-refractivity contribution in [2.75, 3.05) is 22.1 Å². The molecule has 3 aromatic rings. The van der Waals surface area contributed by atoms with Crippen LogP contribution in [0, 0.1) is 5.82 Å². The molecule has 4 rings (SSSR count). The van der Waals surface area contributed by atoms with Crippen LogP contribution in [0.15, 0.2) is 36.5 Å². The Bertz CT molecular complexity index is 1020. The fourth-order valence-electron chi connectivity index (χ4n) is 3.23. The third-order valence-corrected chi connectivity index (χ3v) is 4.65. The van der Waals surface area contributed by atoms with Crippen LogP contribution in [0.1, 0.15) is 35.5 Å². The lowest BCUT2D eigenvalue weighted by molar-refractivity contribution is 0.102. The number of halogens is 1. The molecule has 0 spiro atoms. The molecule has 0 unspecified atom stereocenters. The molecule has 0 aliphatic carbocycles. The normalized spacial score (nSPS) is 13.3. The van der Waals surface area contributed by atoms with Crippen LogP contribution in [-0.2, 0) is 13.0 Å². The Morgan fingerprint density at radius 3 is 2.79 bits per heavy atom. The summed E-state index contributed by atoms with van der Waals surface area (Å²) in [5.41, 5.74) is 2.28. The maximum Gasteiger partial charge on any atom is 0.256 e. The summed E-state index contributed by atoms with van der Waals surface area (Å²) in [5.74, 6) is 1.16. The number of anilines is 3. The minimum atomic E-state index is -0.384. The summed E-state index contributed by atoms with van der Waals surface area (Å²) in [5, 5.41) is 13.3. The van der Waals surface area contributed by atoms with Crippen LogP contribution in [0.5, 0.6) is 0 Å². The van der Waals surface area contributed by atoms with E-state index in [0.717, 1.165) is 30.0 Å². The fraction of sp³-hybridized carbons (Fsp3) is 0.300. The van der Waals surface area contributed by atoms with Gasteiger partial charge in [-0.25, -0.2) is 9.37 Å². The number of carbonyl (C=O) groups is 1. The Morgan fingerprint density at radius 2 is 2.03 bits per heavy atom. The number of benzene rings is 1. The number of rotatable bonds is 5. The van der Waals surface area contributed by atoms with E-state index in [2.05, 4.69) is 35.7 Å². The van der Waals surface area contributed by atoms with E-state index in [1.54, 1.807) is 6.20 Å². The van der Waals surface area contributed by atoms with Gasteiger partial charge in [-0.2, -0.15) is 10.1 Å². The van der Waals surface area contributed by atoms with Gasteiger partial charge in [0.2, 0.25) is 5.95 Å². The molecule has 3 N–H and O–H groups in total. The van der Waals surface area contributed by atoms with E-state index in [4.69, 9.17) is 0 Å². The van der Waals surface area contributed by atoms with Crippen molar-refractivity contribution in [3.63, 3.8) is 0 Å². The zero-order valence-corrected chi connectivity index (χ0v) is 16.2. The minimum Gasteiger partial charge on any atom is -0.352 e. The van der Waals surface area contributed by atoms with Crippen molar-refractivity contribution in [2.45, 2.75) is 32.9 Å². The first kappa shape index (κ1) is 18.9. The molecule has 3 heterocycles. The lowest BCUT2D eigenvalue weighted by Crippen LogP contribution is -2.31. The lowest BCUT2D eigenvalue weighted by atomic mass is 10.1. The number of H-pyrrole nitrogens is 1. The molecule has 8 nitrogen and oxygen atoms in total. The van der Waals surface area contributed by atoms with E-state index in [1.807, 2.05) is 19.9 Å². The van der Waals surface area contributed by atoms with Crippen LogP contribution < -0.4 is 15.5 Å². The van der Waals surface area contributed by atoms with Gasteiger partial charge in [0.1, 0.15) is 11.6 Å². The summed E-state index contributed by atoms with van der Waals surface area (Å²) in [4.78, 5) is 23.4. The van der Waals surface area contributed by atoms with Gasteiger partial charge in [-0.05, 0) is 44.2 Å². The van der Waals surface area contributed by atoms with E-state index in [0.29, 0.717) is 23.9 Å². The molecule has 0 atom stereocenters. The highest BCUT2D eigenvalue weighted by Gasteiger charge is 2.24. The molecule has 1 aliphatic rings. The van der Waals surface area contributed by atoms with Crippen molar-refractivity contribution >= 4 is 23.5 Å². The Balaban J connectivity index is 1.52. The van der Waals surface area contributed by atoms with E-state index < -0.39 is 0 Å². The maximum absolute atomic E-state index is 13.1. The Morgan fingerprint density at radius 1 is 1.24 bits per heavy atom. The van der Waals surface area contributed by atoms with Crippen molar-refractivity contribution in [2.24, 2.45) is 0 Å². The van der Waals surface area contributed by atoms with Crippen molar-refractivity contribution in [3.05, 3.63) is 59.2 Å². The first-order valence-corrected chi connectivity index (χ1v) is 9.47. The van der Waals surface area contributed by atoms with Crippen LogP contribution >= 0.6 is 0 Å². The first-order valence-electron chi connectivity index (χ1n) is 9.47. The van der Waals surface area contributed by atoms with Crippen LogP contribution in [0.2, 0.25) is 0 Å². The standard InChI is InChI=1S/C20H22FN7O/c1-12(2)23-20-22-9-7-17(24-20)28-10-8-16-15(11-28)18(27-26-16)25-19(29)13-3-5-14(21)6-4-13/h3-7,9,12H,8,10-11H2,1-2H3,(H,22,23,24)(H2,25,26,27,29). The van der Waals surface area contributed by atoms with Crippen molar-refractivity contribution < 1.29 is 9.18 Å². The summed E-state index contributed by atoms with van der Waals surface area (Å²) in [6.07, 6.45) is 2.49. The van der Waals surface area contributed by atoms with Gasteiger partial charge in [-0.15, -0.1) is 0 Å². The van der Waals surface area contributed by atoms with Crippen molar-refractivity contribution in [1.82, 2.24) is 20.2 Å². The van der Waals surface area contributed by atoms with Gasteiger partial charge in [0.15, 0.2) is 5.82 Å². The molecule has 0 radical (unpaired) electrons. The monoisotopic (exact) mass is 395 g/mol. The number of aromatic amines is 1. The van der Waals surface area contributed by atoms with Gasteiger partial charge in [0.25, 0.3) is 5.91 Å². The SMILES string of the molecule is CC(C)Nc1nccc(N2CCc3[nH]nc(NC(=O)c4ccc(F)cc4)c3C2)n1. The van der Waals surface area contributed by atoms with Crippen molar-refractivity contribution in [1.29, 1.82) is 0 Å². The summed E-state index contributed by atoms with van der Waals surface area (Å²) in [7, 11) is 0. The van der Waals surface area contributed by atoms with E-state index in [9.17, 15) is 9.18 Å². The van der Waals surface area contributed by atoms with Gasteiger partial charge in [-0.1, -0.05) is 0 Å². The lowest BCUT2D eigenvalue weighted by Gasteiger charge is -2.28. The molecular weight excluding hydrogens is 373 g/mol. The predicted molar refractivity (Wildman–Crippen MR) is 108 cm³/mol. The molecule has 9 heteroatoms. The summed E-state index contributed by atoms with van der Waals surface area (Å²) >= 11 is 0. The van der Waals surface area contributed by atoms with Crippen LogP contribution in [-0.4, -0.2) is 38.7 Å². The van der Waals surface area contributed by atoms with E-state index in [1.165, 1.54) is 24.3 Å². The Hall–Kier alpha value is -3.49. The molecule has 1 aliphatic heterocycles. The second kappa shape index (κ2) is 7.86. The molecule has 1 amide bonds. The average Bonchev–Trinajstić information content (AvgIpc) is 3.10. The third kappa shape index (κ3) is 4.18. The number of aromatic nitrogens is 4. The number of carbonyl (C=O) groups excluding carboxylic acids is 1. The summed E-state index contributed by atoms with van der Waals surface area (Å²) in [6, 6.07) is 7.51. The Labute approximate surface area is 167 Å². The zero-order chi connectivity index (χ0) is 20.4. The number of nitrogens with one attached hydrogen (secondary N) is 3. The van der Waals surface area contributed by atoms with Gasteiger partial charge >= 0.3 is 0 Å². The smallest absolute Gasteiger partial charge is 0.256 e. The van der Waals surface area contributed by atoms with Crippen LogP contribution in [0.3, 0.4) is 0 Å². The fourth-order valence-corrected chi connectivity index (χ4v) is 3.23. The first-order chi connectivity index (χ1) is 14.0. The molecule has 0 bridgehead atoms. The predicted octanol–water partition coefficient (Wildman–Crippen LogP) is 2.97.